The number of aryl methyl sites for hydroxylation is 1. The number of aromatic amines is 1. The molecule has 1 saturated heterocycles. The van der Waals surface area contributed by atoms with Gasteiger partial charge in [-0.15, -0.1) is 0 Å². The van der Waals surface area contributed by atoms with Gasteiger partial charge in [0.15, 0.2) is 0 Å². The molecule has 0 aliphatic carbocycles. The van der Waals surface area contributed by atoms with Crippen LogP contribution in [0.5, 0.6) is 5.75 Å². The summed E-state index contributed by atoms with van der Waals surface area (Å²) in [5.41, 5.74) is 2.20. The molecule has 2 atom stereocenters. The highest BCUT2D eigenvalue weighted by Crippen LogP contribution is 2.36. The van der Waals surface area contributed by atoms with Crippen molar-refractivity contribution < 1.29 is 9.53 Å². The Morgan fingerprint density at radius 3 is 2.59 bits per heavy atom. The highest BCUT2D eigenvalue weighted by Gasteiger charge is 2.41. The summed E-state index contributed by atoms with van der Waals surface area (Å²) >= 11 is 0. The number of nitrogens with one attached hydrogen (secondary N) is 1. The van der Waals surface area contributed by atoms with Crippen LogP contribution in [0.25, 0.3) is 10.8 Å². The predicted octanol–water partition coefficient (Wildman–Crippen LogP) is 3.01. The lowest BCUT2D eigenvalue weighted by Crippen LogP contribution is -2.42. The second-order valence-electron chi connectivity index (χ2n) is 7.94. The molecule has 0 spiro atoms. The maximum atomic E-state index is 13.7. The molecule has 3 heterocycles. The number of carbonyl (C=O) groups is 1. The van der Waals surface area contributed by atoms with Gasteiger partial charge in [0.25, 0.3) is 11.5 Å². The fourth-order valence-corrected chi connectivity index (χ4v) is 4.98. The van der Waals surface area contributed by atoms with E-state index in [1.54, 1.807) is 14.0 Å². The monoisotopic (exact) mass is 389 g/mol. The molecule has 0 radical (unpaired) electrons. The van der Waals surface area contributed by atoms with E-state index in [-0.39, 0.29) is 23.6 Å². The molecule has 1 amide bonds. The third-order valence-electron chi connectivity index (χ3n) is 6.28. The van der Waals surface area contributed by atoms with Gasteiger partial charge in [-0.1, -0.05) is 24.3 Å². The molecule has 3 aromatic rings. The van der Waals surface area contributed by atoms with E-state index in [0.29, 0.717) is 24.2 Å². The first-order chi connectivity index (χ1) is 14.1. The molecule has 29 heavy (non-hydrogen) atoms. The summed E-state index contributed by atoms with van der Waals surface area (Å²) in [5, 5.41) is 1.82. The zero-order valence-corrected chi connectivity index (χ0v) is 16.6. The molecule has 0 unspecified atom stereocenters. The molecule has 5 rings (SSSR count). The molecular formula is C23H23N3O3. The van der Waals surface area contributed by atoms with Gasteiger partial charge in [-0.2, -0.15) is 0 Å². The van der Waals surface area contributed by atoms with Crippen molar-refractivity contribution in [3.8, 4) is 5.75 Å². The van der Waals surface area contributed by atoms with E-state index in [1.807, 2.05) is 41.3 Å². The molecule has 6 heteroatoms. The van der Waals surface area contributed by atoms with Gasteiger partial charge in [0, 0.05) is 41.4 Å². The van der Waals surface area contributed by atoms with E-state index in [0.717, 1.165) is 40.6 Å². The van der Waals surface area contributed by atoms with Gasteiger partial charge >= 0.3 is 0 Å². The third kappa shape index (κ3) is 2.82. The minimum Gasteiger partial charge on any atom is -0.496 e. The number of fused-ring (bicyclic) bond motifs is 4. The van der Waals surface area contributed by atoms with Crippen LogP contribution in [0.15, 0.2) is 41.2 Å². The summed E-state index contributed by atoms with van der Waals surface area (Å²) in [6.45, 7) is 1.80. The number of nitrogens with zero attached hydrogens (tertiary/aromatic N) is 2. The van der Waals surface area contributed by atoms with E-state index < -0.39 is 0 Å². The van der Waals surface area contributed by atoms with E-state index >= 15 is 0 Å². The summed E-state index contributed by atoms with van der Waals surface area (Å²) in [7, 11) is 1.64. The molecule has 1 aromatic heterocycles. The summed E-state index contributed by atoms with van der Waals surface area (Å²) in [6.07, 6.45) is 3.05. The van der Waals surface area contributed by atoms with Gasteiger partial charge in [-0.05, 0) is 37.3 Å². The zero-order valence-electron chi connectivity index (χ0n) is 16.6. The molecule has 2 aliphatic rings. The van der Waals surface area contributed by atoms with Gasteiger partial charge in [-0.3, -0.25) is 9.59 Å². The summed E-state index contributed by atoms with van der Waals surface area (Å²) < 4.78 is 5.48. The molecule has 1 N–H and O–H groups in total. The first kappa shape index (κ1) is 17.9. The lowest BCUT2D eigenvalue weighted by Gasteiger charge is -2.29. The van der Waals surface area contributed by atoms with Crippen LogP contribution in [0.2, 0.25) is 0 Å². The molecule has 0 saturated carbocycles. The maximum absolute atomic E-state index is 13.7. The number of hydrogen-bond acceptors (Lipinski definition) is 4. The molecule has 2 bridgehead atoms. The van der Waals surface area contributed by atoms with E-state index in [4.69, 9.17) is 4.74 Å². The smallest absolute Gasteiger partial charge is 0.255 e. The third-order valence-corrected chi connectivity index (χ3v) is 6.28. The number of aromatic nitrogens is 2. The first-order valence-corrected chi connectivity index (χ1v) is 10.0. The quantitative estimate of drug-likeness (QED) is 0.731. The Balaban J connectivity index is 1.58. The molecule has 148 valence electrons. The normalized spacial score (nSPS) is 20.4. The highest BCUT2D eigenvalue weighted by molar-refractivity contribution is 6.09. The molecule has 2 aliphatic heterocycles. The van der Waals surface area contributed by atoms with Crippen LogP contribution in [0, 0.1) is 6.92 Å². The topological polar surface area (TPSA) is 75.3 Å². The maximum Gasteiger partial charge on any atom is 0.255 e. The Hall–Kier alpha value is -3.15. The second-order valence-corrected chi connectivity index (χ2v) is 7.94. The minimum absolute atomic E-state index is 0.0253. The molecule has 6 nitrogen and oxygen atoms in total. The van der Waals surface area contributed by atoms with Crippen LogP contribution >= 0.6 is 0 Å². The number of rotatable bonds is 2. The van der Waals surface area contributed by atoms with Gasteiger partial charge in [0.2, 0.25) is 0 Å². The number of ether oxygens (including phenoxy) is 1. The van der Waals surface area contributed by atoms with Crippen molar-refractivity contribution in [3.63, 3.8) is 0 Å². The van der Waals surface area contributed by atoms with E-state index in [9.17, 15) is 9.59 Å². The minimum atomic E-state index is -0.0673. The Labute approximate surface area is 168 Å². The van der Waals surface area contributed by atoms with Crippen LogP contribution in [0.3, 0.4) is 0 Å². The van der Waals surface area contributed by atoms with Crippen LogP contribution < -0.4 is 10.3 Å². The van der Waals surface area contributed by atoms with Crippen molar-refractivity contribution in [1.82, 2.24) is 14.9 Å². The lowest BCUT2D eigenvalue weighted by molar-refractivity contribution is 0.0675. The summed E-state index contributed by atoms with van der Waals surface area (Å²) in [5.74, 6) is 1.41. The van der Waals surface area contributed by atoms with Crippen molar-refractivity contribution in [3.05, 3.63) is 69.4 Å². The average Bonchev–Trinajstić information content (AvgIpc) is 3.02. The van der Waals surface area contributed by atoms with Gasteiger partial charge < -0.3 is 14.6 Å². The number of methoxy groups -OCH3 is 1. The summed E-state index contributed by atoms with van der Waals surface area (Å²) in [4.78, 5) is 35.6. The molecule has 2 aromatic carbocycles. The van der Waals surface area contributed by atoms with Crippen LogP contribution in [0.1, 0.15) is 40.3 Å². The largest absolute Gasteiger partial charge is 0.496 e. The van der Waals surface area contributed by atoms with Crippen LogP contribution in [-0.2, 0) is 12.8 Å². The lowest BCUT2D eigenvalue weighted by atomic mass is 9.98. The van der Waals surface area contributed by atoms with Gasteiger partial charge in [-0.25, -0.2) is 4.98 Å². The number of carbonyl (C=O) groups excluding carboxylic acids is 1. The number of benzene rings is 2. The van der Waals surface area contributed by atoms with Crippen molar-refractivity contribution in [2.45, 2.75) is 44.7 Å². The van der Waals surface area contributed by atoms with Crippen molar-refractivity contribution in [2.24, 2.45) is 0 Å². The number of amides is 1. The second kappa shape index (κ2) is 6.72. The van der Waals surface area contributed by atoms with E-state index in [1.165, 1.54) is 0 Å². The molecule has 1 fully saturated rings. The SMILES string of the molecule is COc1ccc(C(=O)N2[C@H]3CC[C@H]2Cc2c(nc(C)[nH]c2=O)C3)c2ccccc12. The Bertz CT molecular complexity index is 1180. The standard InChI is InChI=1S/C23H23N3O3/c1-13-24-20-12-15-8-7-14(11-19(20)22(27)25-13)26(15)23(28)18-9-10-21(29-2)17-6-4-3-5-16(17)18/h3-6,9-10,14-15H,7-8,11-12H2,1-2H3,(H,24,25,27)/t14-,15-/m0/s1. The Morgan fingerprint density at radius 2 is 1.83 bits per heavy atom. The first-order valence-electron chi connectivity index (χ1n) is 10.0. The fraction of sp³-hybridized carbons (Fsp3) is 0.348. The van der Waals surface area contributed by atoms with Gasteiger partial charge in [0.05, 0.1) is 12.8 Å². The van der Waals surface area contributed by atoms with Gasteiger partial charge in [0.1, 0.15) is 11.6 Å². The predicted molar refractivity (Wildman–Crippen MR) is 110 cm³/mol. The van der Waals surface area contributed by atoms with Crippen molar-refractivity contribution in [2.75, 3.05) is 7.11 Å². The fourth-order valence-electron chi connectivity index (χ4n) is 4.98. The molecular weight excluding hydrogens is 366 g/mol. The Kier molecular flexibility index (Phi) is 4.15. The Morgan fingerprint density at radius 1 is 1.10 bits per heavy atom. The zero-order chi connectivity index (χ0) is 20.1. The summed E-state index contributed by atoms with van der Waals surface area (Å²) in [6, 6.07) is 11.7. The van der Waals surface area contributed by atoms with Crippen LogP contribution in [0.4, 0.5) is 0 Å². The van der Waals surface area contributed by atoms with Crippen molar-refractivity contribution >= 4 is 16.7 Å². The number of H-pyrrole nitrogens is 1. The number of hydrogen-bond donors (Lipinski definition) is 1. The van der Waals surface area contributed by atoms with E-state index in [2.05, 4.69) is 9.97 Å². The van der Waals surface area contributed by atoms with Crippen molar-refractivity contribution in [1.29, 1.82) is 0 Å². The van der Waals surface area contributed by atoms with Crippen LogP contribution in [-0.4, -0.2) is 40.0 Å². The highest BCUT2D eigenvalue weighted by atomic mass is 16.5. The average molecular weight is 389 g/mol.